The highest BCUT2D eigenvalue weighted by atomic mass is 32.2. The summed E-state index contributed by atoms with van der Waals surface area (Å²) in [6.07, 6.45) is 4.75. The second kappa shape index (κ2) is 6.85. The van der Waals surface area contributed by atoms with E-state index in [9.17, 15) is 8.42 Å². The van der Waals surface area contributed by atoms with Gasteiger partial charge in [0.05, 0.1) is 0 Å². The Morgan fingerprint density at radius 1 is 1.38 bits per heavy atom. The molecule has 5 nitrogen and oxygen atoms in total. The Hall–Kier alpha value is -0.980. The molecule has 0 spiro atoms. The molecular formula is C15H25N3O2S. The van der Waals surface area contributed by atoms with Gasteiger partial charge in [0.2, 0.25) is 0 Å². The first-order chi connectivity index (χ1) is 9.92. The van der Waals surface area contributed by atoms with Gasteiger partial charge in [0, 0.05) is 24.8 Å². The van der Waals surface area contributed by atoms with E-state index in [0.29, 0.717) is 18.5 Å². The number of rotatable bonds is 8. The second-order valence-electron chi connectivity index (χ2n) is 6.05. The largest absolute Gasteiger partial charge is 0.310 e. The molecular weight excluding hydrogens is 286 g/mol. The van der Waals surface area contributed by atoms with Crippen LogP contribution in [0.3, 0.4) is 0 Å². The van der Waals surface area contributed by atoms with Crippen LogP contribution in [0.4, 0.5) is 0 Å². The smallest absolute Gasteiger partial charge is 0.258 e. The van der Waals surface area contributed by atoms with Crippen LogP contribution in [-0.4, -0.2) is 25.5 Å². The Labute approximate surface area is 127 Å². The lowest BCUT2D eigenvalue weighted by atomic mass is 10.2. The maximum absolute atomic E-state index is 12.2. The van der Waals surface area contributed by atoms with Gasteiger partial charge >= 0.3 is 0 Å². The zero-order valence-electron chi connectivity index (χ0n) is 13.0. The topological polar surface area (TPSA) is 71.1 Å². The summed E-state index contributed by atoms with van der Waals surface area (Å²) in [4.78, 5) is 4.09. The van der Waals surface area contributed by atoms with Gasteiger partial charge in [-0.05, 0) is 30.4 Å². The number of sulfonamides is 1. The quantitative estimate of drug-likeness (QED) is 0.771. The number of hydrogen-bond donors (Lipinski definition) is 2. The summed E-state index contributed by atoms with van der Waals surface area (Å²) in [5, 5.41) is 3.39. The number of pyridine rings is 1. The molecule has 6 heteroatoms. The van der Waals surface area contributed by atoms with Crippen LogP contribution in [0.2, 0.25) is 0 Å². The molecule has 1 saturated carbocycles. The molecule has 0 aliphatic heterocycles. The number of nitrogens with one attached hydrogen (secondary N) is 2. The molecule has 1 fully saturated rings. The fourth-order valence-electron chi connectivity index (χ4n) is 2.34. The molecule has 0 saturated heterocycles. The van der Waals surface area contributed by atoms with Gasteiger partial charge < -0.3 is 5.32 Å². The average molecular weight is 311 g/mol. The minimum Gasteiger partial charge on any atom is -0.310 e. The predicted octanol–water partition coefficient (Wildman–Crippen LogP) is 2.05. The van der Waals surface area contributed by atoms with Crippen molar-refractivity contribution < 1.29 is 8.42 Å². The standard InChI is InChI=1S/C15H25N3O2S/c1-4-5-13-8-14(13)18-21(19,20)15-7-6-12(10-17-15)9-16-11(2)3/h6-7,10-11,13-14,16,18H,4-5,8-9H2,1-3H3. The highest BCUT2D eigenvalue weighted by Crippen LogP contribution is 2.35. The zero-order valence-corrected chi connectivity index (χ0v) is 13.8. The molecule has 2 atom stereocenters. The first-order valence-corrected chi connectivity index (χ1v) is 9.11. The molecule has 21 heavy (non-hydrogen) atoms. The minimum absolute atomic E-state index is 0.0963. The van der Waals surface area contributed by atoms with Gasteiger partial charge in [0.25, 0.3) is 10.0 Å². The van der Waals surface area contributed by atoms with Gasteiger partial charge in [-0.2, -0.15) is 0 Å². The Bertz CT molecular complexity index is 555. The van der Waals surface area contributed by atoms with Crippen molar-refractivity contribution >= 4 is 10.0 Å². The maximum atomic E-state index is 12.2. The van der Waals surface area contributed by atoms with E-state index < -0.39 is 10.0 Å². The third kappa shape index (κ3) is 4.76. The van der Waals surface area contributed by atoms with Crippen LogP contribution < -0.4 is 10.0 Å². The lowest BCUT2D eigenvalue weighted by Crippen LogP contribution is -2.28. The van der Waals surface area contributed by atoms with Crippen molar-refractivity contribution in [3.05, 3.63) is 23.9 Å². The number of hydrogen-bond acceptors (Lipinski definition) is 4. The highest BCUT2D eigenvalue weighted by molar-refractivity contribution is 7.89. The van der Waals surface area contributed by atoms with Gasteiger partial charge in [0.15, 0.2) is 5.03 Å². The van der Waals surface area contributed by atoms with Crippen molar-refractivity contribution in [2.24, 2.45) is 5.92 Å². The van der Waals surface area contributed by atoms with E-state index in [1.54, 1.807) is 12.3 Å². The summed E-state index contributed by atoms with van der Waals surface area (Å²) in [5.41, 5.74) is 0.984. The molecule has 0 amide bonds. The first kappa shape index (κ1) is 16.4. The van der Waals surface area contributed by atoms with E-state index in [2.05, 4.69) is 35.8 Å². The molecule has 0 radical (unpaired) electrons. The summed E-state index contributed by atoms with van der Waals surface area (Å²) in [6.45, 7) is 6.95. The predicted molar refractivity (Wildman–Crippen MR) is 83.3 cm³/mol. The fraction of sp³-hybridized carbons (Fsp3) is 0.667. The molecule has 2 N–H and O–H groups in total. The minimum atomic E-state index is -3.48. The Kier molecular flexibility index (Phi) is 5.35. The third-order valence-corrected chi connectivity index (χ3v) is 5.08. The van der Waals surface area contributed by atoms with Crippen LogP contribution in [-0.2, 0) is 16.6 Å². The van der Waals surface area contributed by atoms with Gasteiger partial charge in [-0.15, -0.1) is 0 Å². The van der Waals surface area contributed by atoms with Crippen molar-refractivity contribution in [3.8, 4) is 0 Å². The lowest BCUT2D eigenvalue weighted by Gasteiger charge is -2.09. The monoisotopic (exact) mass is 311 g/mol. The third-order valence-electron chi connectivity index (χ3n) is 3.68. The Morgan fingerprint density at radius 2 is 2.14 bits per heavy atom. The fourth-order valence-corrected chi connectivity index (χ4v) is 3.58. The molecule has 0 aromatic carbocycles. The second-order valence-corrected chi connectivity index (χ2v) is 7.71. The molecule has 1 aromatic heterocycles. The summed E-state index contributed by atoms with van der Waals surface area (Å²) < 4.78 is 27.2. The average Bonchev–Trinajstić information content (AvgIpc) is 3.14. The van der Waals surface area contributed by atoms with Crippen LogP contribution in [0.15, 0.2) is 23.4 Å². The van der Waals surface area contributed by atoms with E-state index in [1.165, 1.54) is 0 Å². The summed E-state index contributed by atoms with van der Waals surface area (Å²) in [7, 11) is -3.48. The van der Waals surface area contributed by atoms with Gasteiger partial charge in [-0.3, -0.25) is 0 Å². The number of nitrogens with zero attached hydrogens (tertiary/aromatic N) is 1. The summed E-state index contributed by atoms with van der Waals surface area (Å²) in [5.74, 6) is 0.499. The van der Waals surface area contributed by atoms with E-state index in [-0.39, 0.29) is 11.1 Å². The molecule has 0 bridgehead atoms. The van der Waals surface area contributed by atoms with Gasteiger partial charge in [0.1, 0.15) is 0 Å². The molecule has 118 valence electrons. The van der Waals surface area contributed by atoms with Crippen LogP contribution in [0.1, 0.15) is 45.6 Å². The van der Waals surface area contributed by atoms with Crippen molar-refractivity contribution in [1.29, 1.82) is 0 Å². The van der Waals surface area contributed by atoms with Crippen LogP contribution in [0.5, 0.6) is 0 Å². The molecule has 1 heterocycles. The first-order valence-electron chi connectivity index (χ1n) is 7.63. The van der Waals surface area contributed by atoms with E-state index in [1.807, 2.05) is 6.07 Å². The van der Waals surface area contributed by atoms with Crippen LogP contribution in [0, 0.1) is 5.92 Å². The van der Waals surface area contributed by atoms with Crippen molar-refractivity contribution in [3.63, 3.8) is 0 Å². The molecule has 1 aliphatic rings. The summed E-state index contributed by atoms with van der Waals surface area (Å²) >= 11 is 0. The molecule has 1 aliphatic carbocycles. The zero-order chi connectivity index (χ0) is 15.5. The van der Waals surface area contributed by atoms with Crippen LogP contribution >= 0.6 is 0 Å². The maximum Gasteiger partial charge on any atom is 0.258 e. The lowest BCUT2D eigenvalue weighted by molar-refractivity contribution is 0.568. The Morgan fingerprint density at radius 3 is 2.71 bits per heavy atom. The van der Waals surface area contributed by atoms with Gasteiger partial charge in [-0.25, -0.2) is 18.1 Å². The van der Waals surface area contributed by atoms with Crippen molar-refractivity contribution in [2.45, 2.75) is 63.7 Å². The normalized spacial score (nSPS) is 21.7. The van der Waals surface area contributed by atoms with E-state index in [0.717, 1.165) is 24.8 Å². The van der Waals surface area contributed by atoms with E-state index >= 15 is 0 Å². The Balaban J connectivity index is 1.94. The SMILES string of the molecule is CCCC1CC1NS(=O)(=O)c1ccc(CNC(C)C)cn1. The molecule has 2 rings (SSSR count). The van der Waals surface area contributed by atoms with Crippen LogP contribution in [0.25, 0.3) is 0 Å². The van der Waals surface area contributed by atoms with E-state index in [4.69, 9.17) is 0 Å². The van der Waals surface area contributed by atoms with Crippen molar-refractivity contribution in [1.82, 2.24) is 15.0 Å². The highest BCUT2D eigenvalue weighted by Gasteiger charge is 2.39. The van der Waals surface area contributed by atoms with Gasteiger partial charge in [-0.1, -0.05) is 33.3 Å². The summed E-state index contributed by atoms with van der Waals surface area (Å²) in [6, 6.07) is 3.88. The molecule has 2 unspecified atom stereocenters. The molecule has 1 aromatic rings. The van der Waals surface area contributed by atoms with Crippen molar-refractivity contribution in [2.75, 3.05) is 0 Å². The number of aromatic nitrogens is 1.